The lowest BCUT2D eigenvalue weighted by Gasteiger charge is -2.14. The Morgan fingerprint density at radius 3 is 2.90 bits per heavy atom. The number of rotatable bonds is 4. The van der Waals surface area contributed by atoms with Crippen LogP contribution in [-0.4, -0.2) is 48.5 Å². The van der Waals surface area contributed by atoms with Crippen LogP contribution in [0.1, 0.15) is 12.6 Å². The molecule has 110 valence electrons. The zero-order chi connectivity index (χ0) is 14.7. The Labute approximate surface area is 122 Å². The predicted octanol–water partition coefficient (Wildman–Crippen LogP) is 1.13. The number of thiazole rings is 1. The number of hydrogen-bond acceptors (Lipinski definition) is 6. The van der Waals surface area contributed by atoms with Crippen molar-refractivity contribution in [3.8, 4) is 0 Å². The van der Waals surface area contributed by atoms with Gasteiger partial charge >= 0.3 is 5.97 Å². The Morgan fingerprint density at radius 1 is 1.55 bits per heavy atom. The molecule has 7 heteroatoms. The number of nitrogens with one attached hydrogen (secondary N) is 1. The van der Waals surface area contributed by atoms with Crippen LogP contribution in [0.25, 0.3) is 0 Å². The molecule has 0 bridgehead atoms. The first-order valence-electron chi connectivity index (χ1n) is 6.51. The van der Waals surface area contributed by atoms with Gasteiger partial charge in [-0.2, -0.15) is 0 Å². The number of amides is 1. The van der Waals surface area contributed by atoms with E-state index in [1.807, 2.05) is 24.1 Å². The van der Waals surface area contributed by atoms with Crippen LogP contribution in [0.4, 0.5) is 5.13 Å². The van der Waals surface area contributed by atoms with Crippen LogP contribution in [-0.2, 0) is 14.3 Å². The summed E-state index contributed by atoms with van der Waals surface area (Å²) in [4.78, 5) is 29.7. The Morgan fingerprint density at radius 2 is 2.30 bits per heavy atom. The fourth-order valence-electron chi connectivity index (χ4n) is 2.43. The number of aryl methyl sites for hydroxylation is 1. The maximum Gasteiger partial charge on any atom is 0.310 e. The van der Waals surface area contributed by atoms with Crippen LogP contribution < -0.4 is 5.32 Å². The number of aromatic nitrogens is 1. The highest BCUT2D eigenvalue weighted by Gasteiger charge is 2.36. The third-order valence-corrected chi connectivity index (χ3v) is 4.30. The van der Waals surface area contributed by atoms with E-state index >= 15 is 0 Å². The second-order valence-electron chi connectivity index (χ2n) is 5.14. The Hall–Kier alpha value is -1.47. The van der Waals surface area contributed by atoms with Gasteiger partial charge < -0.3 is 10.1 Å². The molecule has 1 N–H and O–H groups in total. The number of hydrogen-bond donors (Lipinski definition) is 1. The lowest BCUT2D eigenvalue weighted by atomic mass is 9.99. The highest BCUT2D eigenvalue weighted by Crippen LogP contribution is 2.24. The van der Waals surface area contributed by atoms with Crippen molar-refractivity contribution in [2.24, 2.45) is 11.8 Å². The molecule has 1 fully saturated rings. The molecule has 2 heterocycles. The van der Waals surface area contributed by atoms with Gasteiger partial charge in [-0.05, 0) is 12.8 Å². The van der Waals surface area contributed by atoms with Crippen molar-refractivity contribution in [2.75, 3.05) is 32.1 Å². The number of esters is 1. The van der Waals surface area contributed by atoms with Crippen LogP contribution in [0, 0.1) is 18.8 Å². The lowest BCUT2D eigenvalue weighted by Crippen LogP contribution is -2.32. The van der Waals surface area contributed by atoms with Gasteiger partial charge in [0, 0.05) is 18.5 Å². The van der Waals surface area contributed by atoms with E-state index in [0.717, 1.165) is 12.2 Å². The molecule has 1 aliphatic rings. The van der Waals surface area contributed by atoms with E-state index in [1.165, 1.54) is 18.4 Å². The number of likely N-dealkylation sites (tertiary alicyclic amines) is 1. The molecule has 2 atom stereocenters. The molecule has 0 aliphatic carbocycles. The van der Waals surface area contributed by atoms with Gasteiger partial charge in [-0.1, -0.05) is 6.92 Å². The molecule has 0 saturated carbocycles. The quantitative estimate of drug-likeness (QED) is 0.844. The smallest absolute Gasteiger partial charge is 0.310 e. The lowest BCUT2D eigenvalue weighted by molar-refractivity contribution is -0.146. The standard InChI is InChI=1S/C13H19N3O3S/c1-8-4-16(5-10(8)12(18)19-3)6-11(17)15-13-14-9(2)7-20-13/h7-8,10H,4-6H2,1-3H3,(H,14,15,17). The predicted molar refractivity (Wildman–Crippen MR) is 76.6 cm³/mol. The maximum absolute atomic E-state index is 11.9. The largest absolute Gasteiger partial charge is 0.469 e. The molecule has 1 amide bonds. The van der Waals surface area contributed by atoms with Crippen molar-refractivity contribution in [1.29, 1.82) is 0 Å². The van der Waals surface area contributed by atoms with Gasteiger partial charge in [0.15, 0.2) is 5.13 Å². The van der Waals surface area contributed by atoms with Crippen LogP contribution in [0.2, 0.25) is 0 Å². The molecular formula is C13H19N3O3S. The van der Waals surface area contributed by atoms with E-state index in [2.05, 4.69) is 10.3 Å². The molecule has 20 heavy (non-hydrogen) atoms. The third kappa shape index (κ3) is 3.55. The fourth-order valence-corrected chi connectivity index (χ4v) is 3.13. The van der Waals surface area contributed by atoms with E-state index in [9.17, 15) is 9.59 Å². The minimum Gasteiger partial charge on any atom is -0.469 e. The number of anilines is 1. The normalized spacial score (nSPS) is 22.8. The Kier molecular flexibility index (Phi) is 4.72. The number of methoxy groups -OCH3 is 1. The van der Waals surface area contributed by atoms with Gasteiger partial charge in [0.05, 0.1) is 25.3 Å². The van der Waals surface area contributed by atoms with Gasteiger partial charge in [0.2, 0.25) is 5.91 Å². The molecule has 0 spiro atoms. The minimum atomic E-state index is -0.198. The summed E-state index contributed by atoms with van der Waals surface area (Å²) in [6.07, 6.45) is 0. The monoisotopic (exact) mass is 297 g/mol. The second-order valence-corrected chi connectivity index (χ2v) is 6.00. The van der Waals surface area contributed by atoms with Crippen molar-refractivity contribution in [2.45, 2.75) is 13.8 Å². The summed E-state index contributed by atoms with van der Waals surface area (Å²) < 4.78 is 4.78. The summed E-state index contributed by atoms with van der Waals surface area (Å²) in [5.74, 6) is -0.236. The zero-order valence-corrected chi connectivity index (χ0v) is 12.7. The van der Waals surface area contributed by atoms with Crippen molar-refractivity contribution < 1.29 is 14.3 Å². The van der Waals surface area contributed by atoms with E-state index in [0.29, 0.717) is 11.7 Å². The Balaban J connectivity index is 1.85. The number of ether oxygens (including phenoxy) is 1. The SMILES string of the molecule is COC(=O)C1CN(CC(=O)Nc2nc(C)cs2)CC1C. The van der Waals surface area contributed by atoms with Gasteiger partial charge in [-0.25, -0.2) is 4.98 Å². The first-order chi connectivity index (χ1) is 9.49. The average molecular weight is 297 g/mol. The summed E-state index contributed by atoms with van der Waals surface area (Å²) in [7, 11) is 1.40. The van der Waals surface area contributed by atoms with Crippen LogP contribution >= 0.6 is 11.3 Å². The maximum atomic E-state index is 11.9. The summed E-state index contributed by atoms with van der Waals surface area (Å²) in [5, 5.41) is 5.28. The van der Waals surface area contributed by atoms with Crippen LogP contribution in [0.5, 0.6) is 0 Å². The highest BCUT2D eigenvalue weighted by atomic mass is 32.1. The minimum absolute atomic E-state index is 0.0999. The van der Waals surface area contributed by atoms with E-state index in [1.54, 1.807) is 0 Å². The summed E-state index contributed by atoms with van der Waals surface area (Å²) >= 11 is 1.41. The molecule has 2 rings (SSSR count). The molecule has 2 unspecified atom stereocenters. The van der Waals surface area contributed by atoms with E-state index < -0.39 is 0 Å². The molecule has 1 aliphatic heterocycles. The number of nitrogens with zero attached hydrogens (tertiary/aromatic N) is 2. The average Bonchev–Trinajstić information content (AvgIpc) is 2.94. The van der Waals surface area contributed by atoms with Crippen molar-refractivity contribution in [3.05, 3.63) is 11.1 Å². The summed E-state index contributed by atoms with van der Waals surface area (Å²) in [5.41, 5.74) is 0.894. The molecule has 1 saturated heterocycles. The molecule has 6 nitrogen and oxygen atoms in total. The molecule has 0 radical (unpaired) electrons. The molecule has 1 aromatic heterocycles. The van der Waals surface area contributed by atoms with Gasteiger partial charge in [-0.15, -0.1) is 11.3 Å². The Bertz CT molecular complexity index is 503. The molecule has 0 aromatic carbocycles. The van der Waals surface area contributed by atoms with Gasteiger partial charge in [-0.3, -0.25) is 14.5 Å². The van der Waals surface area contributed by atoms with E-state index in [4.69, 9.17) is 4.74 Å². The van der Waals surface area contributed by atoms with Gasteiger partial charge in [0.1, 0.15) is 0 Å². The molecular weight excluding hydrogens is 278 g/mol. The van der Waals surface area contributed by atoms with Crippen LogP contribution in [0.15, 0.2) is 5.38 Å². The number of carbonyl (C=O) groups excluding carboxylic acids is 2. The van der Waals surface area contributed by atoms with Gasteiger partial charge in [0.25, 0.3) is 0 Å². The van der Waals surface area contributed by atoms with Crippen LogP contribution in [0.3, 0.4) is 0 Å². The molecule has 1 aromatic rings. The second kappa shape index (κ2) is 6.32. The first-order valence-corrected chi connectivity index (χ1v) is 7.39. The van der Waals surface area contributed by atoms with Crippen molar-refractivity contribution in [3.63, 3.8) is 0 Å². The van der Waals surface area contributed by atoms with E-state index in [-0.39, 0.29) is 30.3 Å². The highest BCUT2D eigenvalue weighted by molar-refractivity contribution is 7.13. The van der Waals surface area contributed by atoms with Crippen molar-refractivity contribution in [1.82, 2.24) is 9.88 Å². The third-order valence-electron chi connectivity index (χ3n) is 3.42. The summed E-state index contributed by atoms with van der Waals surface area (Å²) in [6, 6.07) is 0. The first kappa shape index (κ1) is 14.9. The number of carbonyl (C=O) groups is 2. The topological polar surface area (TPSA) is 71.5 Å². The zero-order valence-electron chi connectivity index (χ0n) is 11.9. The summed E-state index contributed by atoms with van der Waals surface area (Å²) in [6.45, 7) is 5.46. The van der Waals surface area contributed by atoms with Crippen molar-refractivity contribution >= 4 is 28.3 Å². The fraction of sp³-hybridized carbons (Fsp3) is 0.615.